The molecule has 22 heavy (non-hydrogen) atoms. The second-order valence-electron chi connectivity index (χ2n) is 5.34. The highest BCUT2D eigenvalue weighted by molar-refractivity contribution is 7.99. The summed E-state index contributed by atoms with van der Waals surface area (Å²) in [5, 5.41) is 6.56. The number of nitrogens with one attached hydrogen (secondary N) is 2. The molecule has 2 N–H and O–H groups in total. The maximum Gasteiger partial charge on any atom is 0.191 e. The van der Waals surface area contributed by atoms with Crippen molar-refractivity contribution in [2.24, 2.45) is 4.99 Å². The Morgan fingerprint density at radius 2 is 1.82 bits per heavy atom. The van der Waals surface area contributed by atoms with Gasteiger partial charge in [0, 0.05) is 18.3 Å². The Morgan fingerprint density at radius 3 is 2.36 bits per heavy atom. The van der Waals surface area contributed by atoms with Gasteiger partial charge in [-0.25, -0.2) is 0 Å². The minimum absolute atomic E-state index is 0.178. The number of ether oxygens (including phenoxy) is 2. The van der Waals surface area contributed by atoms with Crippen LogP contribution in [-0.4, -0.2) is 50.8 Å². The second-order valence-corrected chi connectivity index (χ2v) is 6.85. The zero-order valence-corrected chi connectivity index (χ0v) is 14.9. The van der Waals surface area contributed by atoms with Crippen molar-refractivity contribution < 1.29 is 9.47 Å². The summed E-state index contributed by atoms with van der Waals surface area (Å²) in [6, 6.07) is 7.56. The Hall–Kier alpha value is -1.56. The van der Waals surface area contributed by atoms with Gasteiger partial charge in [-0.2, -0.15) is 11.8 Å². The number of aliphatic imine (C=N–C) groups is 1. The van der Waals surface area contributed by atoms with Gasteiger partial charge >= 0.3 is 0 Å². The molecule has 0 spiro atoms. The van der Waals surface area contributed by atoms with E-state index in [-0.39, 0.29) is 4.75 Å². The Bertz CT molecular complexity index is 461. The van der Waals surface area contributed by atoms with Crippen molar-refractivity contribution in [1.82, 2.24) is 10.6 Å². The maximum atomic E-state index is 5.66. The molecule has 0 radical (unpaired) electrons. The van der Waals surface area contributed by atoms with E-state index in [1.165, 1.54) is 0 Å². The first-order valence-electron chi connectivity index (χ1n) is 7.27. The van der Waals surface area contributed by atoms with Gasteiger partial charge in [0.15, 0.2) is 5.96 Å². The Balaban J connectivity index is 2.26. The van der Waals surface area contributed by atoms with Crippen LogP contribution >= 0.6 is 11.8 Å². The highest BCUT2D eigenvalue weighted by Crippen LogP contribution is 2.19. The fourth-order valence-corrected chi connectivity index (χ4v) is 1.82. The lowest BCUT2D eigenvalue weighted by atomic mass is 10.2. The molecule has 0 atom stereocenters. The fraction of sp³-hybridized carbons (Fsp3) is 0.562. The topological polar surface area (TPSA) is 54.9 Å². The van der Waals surface area contributed by atoms with Gasteiger partial charge < -0.3 is 20.1 Å². The summed E-state index contributed by atoms with van der Waals surface area (Å²) in [6.07, 6.45) is 2.11. The van der Waals surface area contributed by atoms with E-state index < -0.39 is 0 Å². The average Bonchev–Trinajstić information content (AvgIpc) is 2.54. The zero-order valence-electron chi connectivity index (χ0n) is 14.1. The molecule has 0 fully saturated rings. The Kier molecular flexibility index (Phi) is 7.95. The molecule has 1 rings (SSSR count). The van der Waals surface area contributed by atoms with Crippen LogP contribution in [0.25, 0.3) is 0 Å². The highest BCUT2D eigenvalue weighted by Gasteiger charge is 2.15. The largest absolute Gasteiger partial charge is 0.497 e. The number of nitrogens with zero attached hydrogens (tertiary/aromatic N) is 1. The molecular formula is C16H27N3O2S. The summed E-state index contributed by atoms with van der Waals surface area (Å²) in [5.74, 6) is 2.45. The molecule has 0 aliphatic carbocycles. The number of guanidine groups is 1. The monoisotopic (exact) mass is 325 g/mol. The van der Waals surface area contributed by atoms with Gasteiger partial charge in [0.05, 0.1) is 13.7 Å². The normalized spacial score (nSPS) is 12.0. The van der Waals surface area contributed by atoms with Gasteiger partial charge in [-0.05, 0) is 44.4 Å². The average molecular weight is 325 g/mol. The van der Waals surface area contributed by atoms with E-state index in [0.29, 0.717) is 13.2 Å². The first kappa shape index (κ1) is 18.5. The van der Waals surface area contributed by atoms with Crippen LogP contribution in [-0.2, 0) is 0 Å². The van der Waals surface area contributed by atoms with E-state index in [9.17, 15) is 0 Å². The van der Waals surface area contributed by atoms with Crippen molar-refractivity contribution in [3.8, 4) is 11.5 Å². The number of hydrogen-bond donors (Lipinski definition) is 2. The van der Waals surface area contributed by atoms with Crippen LogP contribution in [0.2, 0.25) is 0 Å². The number of thioether (sulfide) groups is 1. The van der Waals surface area contributed by atoms with Crippen LogP contribution in [0.15, 0.2) is 29.3 Å². The molecule has 5 nitrogen and oxygen atoms in total. The minimum atomic E-state index is 0.178. The van der Waals surface area contributed by atoms with Crippen molar-refractivity contribution in [2.75, 3.05) is 40.1 Å². The quantitative estimate of drug-likeness (QED) is 0.437. The van der Waals surface area contributed by atoms with Crippen molar-refractivity contribution in [2.45, 2.75) is 18.6 Å². The summed E-state index contributed by atoms with van der Waals surface area (Å²) < 4.78 is 11.0. The van der Waals surface area contributed by atoms with Crippen LogP contribution in [0.5, 0.6) is 11.5 Å². The zero-order chi connectivity index (χ0) is 16.4. The molecule has 0 saturated carbocycles. The number of methoxy groups -OCH3 is 1. The maximum absolute atomic E-state index is 5.66. The van der Waals surface area contributed by atoms with Crippen molar-refractivity contribution in [3.63, 3.8) is 0 Å². The van der Waals surface area contributed by atoms with E-state index in [2.05, 4.69) is 35.7 Å². The molecule has 0 amide bonds. The third-order valence-corrected chi connectivity index (χ3v) is 4.43. The molecular weight excluding hydrogens is 298 g/mol. The van der Waals surface area contributed by atoms with Crippen LogP contribution in [0.1, 0.15) is 13.8 Å². The van der Waals surface area contributed by atoms with E-state index >= 15 is 0 Å². The smallest absolute Gasteiger partial charge is 0.191 e. The van der Waals surface area contributed by atoms with Gasteiger partial charge in [-0.15, -0.1) is 0 Å². The van der Waals surface area contributed by atoms with Crippen LogP contribution in [0.3, 0.4) is 0 Å². The molecule has 1 aromatic rings. The van der Waals surface area contributed by atoms with Gasteiger partial charge in [-0.3, -0.25) is 4.99 Å². The lowest BCUT2D eigenvalue weighted by Crippen LogP contribution is -2.44. The summed E-state index contributed by atoms with van der Waals surface area (Å²) >= 11 is 1.83. The molecule has 0 aliphatic rings. The Labute approximate surface area is 137 Å². The predicted molar refractivity (Wildman–Crippen MR) is 95.4 cm³/mol. The second kappa shape index (κ2) is 9.46. The van der Waals surface area contributed by atoms with Crippen molar-refractivity contribution in [3.05, 3.63) is 24.3 Å². The molecule has 0 aromatic heterocycles. The third-order valence-electron chi connectivity index (χ3n) is 3.18. The molecule has 6 heteroatoms. The first-order chi connectivity index (χ1) is 10.5. The molecule has 0 heterocycles. The lowest BCUT2D eigenvalue weighted by Gasteiger charge is -2.23. The fourth-order valence-electron chi connectivity index (χ4n) is 1.60. The first-order valence-corrected chi connectivity index (χ1v) is 8.50. The molecule has 0 unspecified atom stereocenters. The molecule has 124 valence electrons. The van der Waals surface area contributed by atoms with Crippen LogP contribution < -0.4 is 20.1 Å². The predicted octanol–water partition coefficient (Wildman–Crippen LogP) is 2.38. The summed E-state index contributed by atoms with van der Waals surface area (Å²) in [6.45, 7) is 6.51. The van der Waals surface area contributed by atoms with E-state index in [1.54, 1.807) is 14.2 Å². The SMILES string of the molecule is CN=C(NCCOc1ccc(OC)cc1)NCC(C)(C)SC. The molecule has 1 aromatic carbocycles. The van der Waals surface area contributed by atoms with Gasteiger partial charge in [0.25, 0.3) is 0 Å². The number of rotatable bonds is 8. The summed E-state index contributed by atoms with van der Waals surface area (Å²) in [5.41, 5.74) is 0. The number of hydrogen-bond acceptors (Lipinski definition) is 4. The van der Waals surface area contributed by atoms with Crippen molar-refractivity contribution in [1.29, 1.82) is 0 Å². The van der Waals surface area contributed by atoms with Gasteiger partial charge in [0.2, 0.25) is 0 Å². The molecule has 0 bridgehead atoms. The number of benzene rings is 1. The van der Waals surface area contributed by atoms with Gasteiger partial charge in [-0.1, -0.05) is 0 Å². The lowest BCUT2D eigenvalue weighted by molar-refractivity contribution is 0.321. The standard InChI is InChI=1S/C16H27N3O2S/c1-16(2,22-5)12-19-15(17-3)18-10-11-21-14-8-6-13(20-4)7-9-14/h6-9H,10-12H2,1-5H3,(H2,17,18,19). The van der Waals surface area contributed by atoms with Crippen molar-refractivity contribution >= 4 is 17.7 Å². The molecule has 0 aliphatic heterocycles. The van der Waals surface area contributed by atoms with Gasteiger partial charge in [0.1, 0.15) is 18.1 Å². The van der Waals surface area contributed by atoms with Crippen LogP contribution in [0.4, 0.5) is 0 Å². The van der Waals surface area contributed by atoms with E-state index in [0.717, 1.165) is 24.0 Å². The minimum Gasteiger partial charge on any atom is -0.497 e. The molecule has 0 saturated heterocycles. The van der Waals surface area contributed by atoms with E-state index in [4.69, 9.17) is 9.47 Å². The summed E-state index contributed by atoms with van der Waals surface area (Å²) in [4.78, 5) is 4.21. The van der Waals surface area contributed by atoms with E-state index in [1.807, 2.05) is 36.0 Å². The van der Waals surface area contributed by atoms with Crippen LogP contribution in [0, 0.1) is 0 Å². The summed E-state index contributed by atoms with van der Waals surface area (Å²) in [7, 11) is 3.42. The third kappa shape index (κ3) is 6.93. The highest BCUT2D eigenvalue weighted by atomic mass is 32.2. The Morgan fingerprint density at radius 1 is 1.18 bits per heavy atom.